The molecule has 0 unspecified atom stereocenters. The maximum atomic E-state index is 12.8. The maximum Gasteiger partial charge on any atom is 0.293 e. The molecule has 2 aromatic rings. The molecule has 4 rings (SSSR count). The molecule has 2 aromatic carbocycles. The molecule has 0 amide bonds. The van der Waals surface area contributed by atoms with E-state index in [0.29, 0.717) is 50.5 Å². The fraction of sp³-hybridized carbons (Fsp3) is 0.458. The molecule has 0 aliphatic carbocycles. The first kappa shape index (κ1) is 28.0. The van der Waals surface area contributed by atoms with Crippen LogP contribution in [0.15, 0.2) is 48.5 Å². The van der Waals surface area contributed by atoms with Crippen molar-refractivity contribution in [3.8, 4) is 0 Å². The second-order valence-electron chi connectivity index (χ2n) is 8.34. The summed E-state index contributed by atoms with van der Waals surface area (Å²) in [7, 11) is 0. The van der Waals surface area contributed by atoms with Crippen LogP contribution >= 0.6 is 24.8 Å². The van der Waals surface area contributed by atoms with Crippen molar-refractivity contribution < 1.29 is 14.5 Å². The zero-order chi connectivity index (χ0) is 22.3. The summed E-state index contributed by atoms with van der Waals surface area (Å²) in [5.41, 5.74) is 2.28. The quantitative estimate of drug-likeness (QED) is 0.304. The van der Waals surface area contributed by atoms with Crippen LogP contribution in [0.4, 0.5) is 11.4 Å². The van der Waals surface area contributed by atoms with Crippen molar-refractivity contribution in [3.05, 3.63) is 69.8 Å². The van der Waals surface area contributed by atoms with Crippen molar-refractivity contribution >= 4 is 42.0 Å². The van der Waals surface area contributed by atoms with Crippen LogP contribution in [0.3, 0.4) is 0 Å². The normalized spacial score (nSPS) is 16.9. The minimum Gasteiger partial charge on any atom is -0.378 e. The highest BCUT2D eigenvalue weighted by atomic mass is 35.5. The first-order valence-electron chi connectivity index (χ1n) is 11.2. The second kappa shape index (κ2) is 13.6. The topological polar surface area (TPSA) is 79.2 Å². The van der Waals surface area contributed by atoms with E-state index in [0.717, 1.165) is 32.7 Å². The predicted molar refractivity (Wildman–Crippen MR) is 138 cm³/mol. The first-order chi connectivity index (χ1) is 15.6. The van der Waals surface area contributed by atoms with Crippen LogP contribution in [0.5, 0.6) is 0 Å². The van der Waals surface area contributed by atoms with E-state index < -0.39 is 4.92 Å². The van der Waals surface area contributed by atoms with Gasteiger partial charge in [0.2, 0.25) is 0 Å². The van der Waals surface area contributed by atoms with E-state index in [1.165, 1.54) is 11.6 Å². The van der Waals surface area contributed by atoms with Gasteiger partial charge in [-0.25, -0.2) is 0 Å². The Hall–Kier alpha value is -2.23. The Morgan fingerprint density at radius 1 is 0.912 bits per heavy atom. The summed E-state index contributed by atoms with van der Waals surface area (Å²) >= 11 is 0. The van der Waals surface area contributed by atoms with E-state index in [-0.39, 0.29) is 36.3 Å². The number of carbonyl (C=O) groups excluding carboxylic acids is 1. The van der Waals surface area contributed by atoms with E-state index >= 15 is 0 Å². The zero-order valence-electron chi connectivity index (χ0n) is 19.1. The Morgan fingerprint density at radius 3 is 2.21 bits per heavy atom. The molecule has 0 radical (unpaired) electrons. The molecule has 0 atom stereocenters. The van der Waals surface area contributed by atoms with Gasteiger partial charge >= 0.3 is 0 Å². The van der Waals surface area contributed by atoms with Crippen molar-refractivity contribution in [2.45, 2.75) is 13.0 Å². The van der Waals surface area contributed by atoms with E-state index in [4.69, 9.17) is 4.74 Å². The van der Waals surface area contributed by atoms with Gasteiger partial charge in [0.15, 0.2) is 5.78 Å². The standard InChI is InChI=1S/C24H30N4O4.2ClH/c29-24(8-9-25-10-12-26(13-11-25)19-20-4-2-1-3-5-20)21-6-7-22(23(18-21)28(30)31)27-14-16-32-17-15-27;;/h1-7,18H,8-17,19H2;2*1H. The molecule has 34 heavy (non-hydrogen) atoms. The predicted octanol–water partition coefficient (Wildman–Crippen LogP) is 3.67. The lowest BCUT2D eigenvalue weighted by Crippen LogP contribution is -2.46. The first-order valence-corrected chi connectivity index (χ1v) is 11.2. The van der Waals surface area contributed by atoms with Gasteiger partial charge in [-0.2, -0.15) is 0 Å². The van der Waals surface area contributed by atoms with Crippen LogP contribution in [0, 0.1) is 10.1 Å². The van der Waals surface area contributed by atoms with Crippen molar-refractivity contribution in [2.75, 3.05) is 63.9 Å². The third-order valence-corrected chi connectivity index (χ3v) is 6.21. The SMILES string of the molecule is Cl.Cl.O=C(CCN1CCN(Cc2ccccc2)CC1)c1ccc(N2CCOCC2)c([N+](=O)[O-])c1. The minimum atomic E-state index is -0.395. The minimum absolute atomic E-state index is 0. The van der Waals surface area contributed by atoms with Gasteiger partial charge in [0.25, 0.3) is 5.69 Å². The molecule has 2 aliphatic heterocycles. The van der Waals surface area contributed by atoms with Gasteiger partial charge in [0, 0.05) is 70.4 Å². The molecule has 2 aliphatic rings. The molecule has 10 heteroatoms. The number of hydrogen-bond acceptors (Lipinski definition) is 7. The molecule has 0 bridgehead atoms. The monoisotopic (exact) mass is 510 g/mol. The van der Waals surface area contributed by atoms with Crippen molar-refractivity contribution in [1.82, 2.24) is 9.80 Å². The van der Waals surface area contributed by atoms with Gasteiger partial charge in [-0.1, -0.05) is 30.3 Å². The molecule has 0 saturated carbocycles. The molecule has 186 valence electrons. The zero-order valence-corrected chi connectivity index (χ0v) is 20.8. The van der Waals surface area contributed by atoms with Crippen molar-refractivity contribution in [1.29, 1.82) is 0 Å². The maximum absolute atomic E-state index is 12.8. The second-order valence-corrected chi connectivity index (χ2v) is 8.34. The van der Waals surface area contributed by atoms with Crippen LogP contribution < -0.4 is 4.90 Å². The van der Waals surface area contributed by atoms with Gasteiger partial charge in [0.1, 0.15) is 5.69 Å². The van der Waals surface area contributed by atoms with Gasteiger partial charge in [-0.05, 0) is 17.7 Å². The number of nitrogens with zero attached hydrogens (tertiary/aromatic N) is 4. The van der Waals surface area contributed by atoms with Crippen LogP contribution in [-0.4, -0.2) is 79.5 Å². The Morgan fingerprint density at radius 2 is 1.56 bits per heavy atom. The summed E-state index contributed by atoms with van der Waals surface area (Å²) in [6.07, 6.45) is 0.368. The van der Waals surface area contributed by atoms with E-state index in [2.05, 4.69) is 34.1 Å². The van der Waals surface area contributed by atoms with Gasteiger partial charge < -0.3 is 14.5 Å². The number of benzene rings is 2. The largest absolute Gasteiger partial charge is 0.378 e. The smallest absolute Gasteiger partial charge is 0.293 e. The van der Waals surface area contributed by atoms with Gasteiger partial charge in [-0.15, -0.1) is 24.8 Å². The number of carbonyl (C=O) groups is 1. The lowest BCUT2D eigenvalue weighted by molar-refractivity contribution is -0.384. The molecule has 0 spiro atoms. The average Bonchev–Trinajstić information content (AvgIpc) is 2.84. The Bertz CT molecular complexity index is 934. The van der Waals surface area contributed by atoms with Crippen LogP contribution in [-0.2, 0) is 11.3 Å². The Labute approximate surface area is 212 Å². The summed E-state index contributed by atoms with van der Waals surface area (Å²) < 4.78 is 5.34. The molecule has 2 fully saturated rings. The molecule has 8 nitrogen and oxygen atoms in total. The lowest BCUT2D eigenvalue weighted by atomic mass is 10.1. The molecule has 2 heterocycles. The number of halogens is 2. The Kier molecular flexibility index (Phi) is 11.2. The summed E-state index contributed by atoms with van der Waals surface area (Å²) in [6.45, 7) is 7.77. The number of morpholine rings is 1. The summed E-state index contributed by atoms with van der Waals surface area (Å²) in [6, 6.07) is 15.3. The van der Waals surface area contributed by atoms with E-state index in [1.807, 2.05) is 11.0 Å². The highest BCUT2D eigenvalue weighted by molar-refractivity contribution is 5.97. The number of anilines is 1. The molecule has 0 aromatic heterocycles. The highest BCUT2D eigenvalue weighted by Gasteiger charge is 2.24. The average molecular weight is 511 g/mol. The number of rotatable bonds is 8. The van der Waals surface area contributed by atoms with Gasteiger partial charge in [-0.3, -0.25) is 19.8 Å². The fourth-order valence-corrected chi connectivity index (χ4v) is 4.33. The number of ketones is 1. The third-order valence-electron chi connectivity index (χ3n) is 6.21. The number of nitro groups is 1. The molecular formula is C24H32Cl2N4O4. The van der Waals surface area contributed by atoms with E-state index in [9.17, 15) is 14.9 Å². The number of ether oxygens (including phenoxy) is 1. The summed E-state index contributed by atoms with van der Waals surface area (Å²) in [5.74, 6) is -0.0478. The summed E-state index contributed by atoms with van der Waals surface area (Å²) in [4.78, 5) is 30.7. The highest BCUT2D eigenvalue weighted by Crippen LogP contribution is 2.30. The lowest BCUT2D eigenvalue weighted by Gasteiger charge is -2.34. The van der Waals surface area contributed by atoms with Gasteiger partial charge in [0.05, 0.1) is 18.1 Å². The Balaban J connectivity index is 0.00000204. The molecule has 2 saturated heterocycles. The van der Waals surface area contributed by atoms with Crippen molar-refractivity contribution in [2.24, 2.45) is 0 Å². The fourth-order valence-electron chi connectivity index (χ4n) is 4.33. The van der Waals surface area contributed by atoms with Crippen LogP contribution in [0.25, 0.3) is 0 Å². The van der Waals surface area contributed by atoms with E-state index in [1.54, 1.807) is 12.1 Å². The number of piperazine rings is 1. The summed E-state index contributed by atoms with van der Waals surface area (Å²) in [5, 5.41) is 11.6. The van der Waals surface area contributed by atoms with Crippen LogP contribution in [0.1, 0.15) is 22.3 Å². The van der Waals surface area contributed by atoms with Crippen LogP contribution in [0.2, 0.25) is 0 Å². The molecule has 0 N–H and O–H groups in total. The number of Topliss-reactive ketones (excluding diaryl/α,β-unsaturated/α-hetero) is 1. The number of hydrogen-bond donors (Lipinski definition) is 0. The number of nitro benzene ring substituents is 1. The van der Waals surface area contributed by atoms with Crippen molar-refractivity contribution in [3.63, 3.8) is 0 Å². The third kappa shape index (κ3) is 7.38. The molecular weight excluding hydrogens is 479 g/mol.